The highest BCUT2D eigenvalue weighted by Crippen LogP contribution is 2.24. The van der Waals surface area contributed by atoms with Crippen molar-refractivity contribution < 1.29 is 8.42 Å². The van der Waals surface area contributed by atoms with Gasteiger partial charge in [-0.2, -0.15) is 9.40 Å². The van der Waals surface area contributed by atoms with E-state index in [1.165, 1.54) is 10.5 Å². The lowest BCUT2D eigenvalue weighted by Crippen LogP contribution is -2.48. The molecule has 1 aliphatic heterocycles. The Kier molecular flexibility index (Phi) is 5.00. The van der Waals surface area contributed by atoms with Crippen molar-refractivity contribution in [2.24, 2.45) is 18.7 Å². The fourth-order valence-corrected chi connectivity index (χ4v) is 3.96. The van der Waals surface area contributed by atoms with Crippen LogP contribution in [-0.2, 0) is 17.1 Å². The molecule has 0 amide bonds. The molecule has 0 aromatic carbocycles. The lowest BCUT2D eigenvalue weighted by atomic mass is 9.96. The van der Waals surface area contributed by atoms with Crippen LogP contribution in [0, 0.1) is 12.8 Å². The van der Waals surface area contributed by atoms with Gasteiger partial charge in [-0.1, -0.05) is 6.92 Å². The number of aromatic nitrogens is 2. The number of piperidine rings is 1. The molecule has 19 heavy (non-hydrogen) atoms. The summed E-state index contributed by atoms with van der Waals surface area (Å²) in [6.07, 6.45) is 2.13. The molecule has 0 spiro atoms. The zero-order valence-corrected chi connectivity index (χ0v) is 13.0. The smallest absolute Gasteiger partial charge is 0.246 e. The summed E-state index contributed by atoms with van der Waals surface area (Å²) < 4.78 is 28.1. The molecule has 2 unspecified atom stereocenters. The van der Waals surface area contributed by atoms with Crippen LogP contribution in [0.4, 0.5) is 0 Å². The first-order valence-corrected chi connectivity index (χ1v) is 7.52. The van der Waals surface area contributed by atoms with Crippen LogP contribution < -0.4 is 5.73 Å². The Morgan fingerprint density at radius 1 is 1.47 bits per heavy atom. The van der Waals surface area contributed by atoms with Crippen molar-refractivity contribution in [2.75, 3.05) is 13.1 Å². The van der Waals surface area contributed by atoms with E-state index >= 15 is 0 Å². The van der Waals surface area contributed by atoms with E-state index in [-0.39, 0.29) is 24.4 Å². The van der Waals surface area contributed by atoms with E-state index in [2.05, 4.69) is 5.10 Å². The molecule has 2 heterocycles. The van der Waals surface area contributed by atoms with Crippen LogP contribution in [0.2, 0.25) is 0 Å². The number of nitrogens with zero attached hydrogens (tertiary/aromatic N) is 3. The van der Waals surface area contributed by atoms with Crippen molar-refractivity contribution in [3.8, 4) is 0 Å². The highest BCUT2D eigenvalue weighted by molar-refractivity contribution is 7.89. The topological polar surface area (TPSA) is 81.2 Å². The van der Waals surface area contributed by atoms with Gasteiger partial charge in [-0.05, 0) is 19.3 Å². The summed E-state index contributed by atoms with van der Waals surface area (Å²) in [4.78, 5) is 0.299. The van der Waals surface area contributed by atoms with E-state index in [0.29, 0.717) is 30.1 Å². The van der Waals surface area contributed by atoms with Crippen LogP contribution in [0.15, 0.2) is 11.1 Å². The van der Waals surface area contributed by atoms with E-state index in [4.69, 9.17) is 5.73 Å². The van der Waals surface area contributed by atoms with Crippen LogP contribution >= 0.6 is 12.4 Å². The molecule has 1 saturated heterocycles. The summed E-state index contributed by atoms with van der Waals surface area (Å²) in [5, 5.41) is 4.00. The van der Waals surface area contributed by atoms with E-state index in [1.54, 1.807) is 18.7 Å². The molecule has 0 bridgehead atoms. The first-order chi connectivity index (χ1) is 8.34. The van der Waals surface area contributed by atoms with Crippen LogP contribution in [-0.4, -0.2) is 41.6 Å². The molecular formula is C11H21ClN4O2S. The summed E-state index contributed by atoms with van der Waals surface area (Å²) in [5.74, 6) is 0.186. The molecule has 6 nitrogen and oxygen atoms in total. The summed E-state index contributed by atoms with van der Waals surface area (Å²) in [5.41, 5.74) is 6.58. The van der Waals surface area contributed by atoms with E-state index in [1.807, 2.05) is 6.92 Å². The second-order valence-electron chi connectivity index (χ2n) is 5.01. The summed E-state index contributed by atoms with van der Waals surface area (Å²) in [6, 6.07) is 0.0893. The molecule has 0 radical (unpaired) electrons. The highest BCUT2D eigenvalue weighted by atomic mass is 35.5. The molecule has 2 atom stereocenters. The number of rotatable bonds is 2. The van der Waals surface area contributed by atoms with Gasteiger partial charge in [0, 0.05) is 26.2 Å². The van der Waals surface area contributed by atoms with Crippen molar-refractivity contribution in [3.63, 3.8) is 0 Å². The van der Waals surface area contributed by atoms with Gasteiger partial charge in [-0.3, -0.25) is 4.68 Å². The normalized spacial score (nSPS) is 25.1. The third-order valence-electron chi connectivity index (χ3n) is 3.74. The minimum absolute atomic E-state index is 0. The van der Waals surface area contributed by atoms with Crippen LogP contribution in [0.3, 0.4) is 0 Å². The van der Waals surface area contributed by atoms with Crippen molar-refractivity contribution >= 4 is 22.4 Å². The Bertz CT molecular complexity index is 543. The standard InChI is InChI=1S/C11H20N4O2S.ClH/c1-8-7-15(5-4-10(8)12)18(16,17)11-6-13-14(3)9(11)2;/h6,8,10H,4-5,7,12H2,1-3H3;1H. The van der Waals surface area contributed by atoms with Gasteiger partial charge in [0.1, 0.15) is 4.90 Å². The number of halogens is 1. The predicted octanol–water partition coefficient (Wildman–Crippen LogP) is 0.508. The second kappa shape index (κ2) is 5.78. The Balaban J connectivity index is 0.00000180. The lowest BCUT2D eigenvalue weighted by Gasteiger charge is -2.34. The molecule has 1 aromatic rings. The predicted molar refractivity (Wildman–Crippen MR) is 75.7 cm³/mol. The molecule has 110 valence electrons. The number of aryl methyl sites for hydroxylation is 1. The third-order valence-corrected chi connectivity index (χ3v) is 5.71. The zero-order chi connectivity index (χ0) is 13.5. The maximum absolute atomic E-state index is 12.5. The van der Waals surface area contributed by atoms with Gasteiger partial charge < -0.3 is 5.73 Å². The van der Waals surface area contributed by atoms with Crippen LogP contribution in [0.25, 0.3) is 0 Å². The highest BCUT2D eigenvalue weighted by Gasteiger charge is 2.33. The van der Waals surface area contributed by atoms with Gasteiger partial charge >= 0.3 is 0 Å². The fraction of sp³-hybridized carbons (Fsp3) is 0.727. The first kappa shape index (κ1) is 16.4. The third kappa shape index (κ3) is 2.94. The largest absolute Gasteiger partial charge is 0.327 e. The van der Waals surface area contributed by atoms with Crippen LogP contribution in [0.5, 0.6) is 0 Å². The van der Waals surface area contributed by atoms with Gasteiger partial charge in [-0.15, -0.1) is 12.4 Å². The molecule has 0 saturated carbocycles. The quantitative estimate of drug-likeness (QED) is 0.863. The minimum Gasteiger partial charge on any atom is -0.327 e. The Morgan fingerprint density at radius 3 is 2.58 bits per heavy atom. The van der Waals surface area contributed by atoms with Gasteiger partial charge in [0.25, 0.3) is 0 Å². The lowest BCUT2D eigenvalue weighted by molar-refractivity contribution is 0.250. The fourth-order valence-electron chi connectivity index (χ4n) is 2.21. The molecule has 8 heteroatoms. The number of hydrogen-bond acceptors (Lipinski definition) is 4. The van der Waals surface area contributed by atoms with Crippen LogP contribution in [0.1, 0.15) is 19.0 Å². The van der Waals surface area contributed by atoms with Gasteiger partial charge in [-0.25, -0.2) is 8.42 Å². The summed E-state index contributed by atoms with van der Waals surface area (Å²) in [6.45, 7) is 4.72. The molecule has 1 aliphatic rings. The minimum atomic E-state index is -3.43. The van der Waals surface area contributed by atoms with E-state index < -0.39 is 10.0 Å². The average molecular weight is 309 g/mol. The van der Waals surface area contributed by atoms with Gasteiger partial charge in [0.05, 0.1) is 11.9 Å². The molecule has 1 fully saturated rings. The summed E-state index contributed by atoms with van der Waals surface area (Å²) in [7, 11) is -1.69. The van der Waals surface area contributed by atoms with Crippen molar-refractivity contribution in [1.82, 2.24) is 14.1 Å². The maximum Gasteiger partial charge on any atom is 0.246 e. The molecular weight excluding hydrogens is 288 g/mol. The van der Waals surface area contributed by atoms with Crippen molar-refractivity contribution in [1.29, 1.82) is 0 Å². The zero-order valence-electron chi connectivity index (χ0n) is 11.4. The SMILES string of the molecule is Cc1c(S(=O)(=O)N2CCC(N)C(C)C2)cnn1C.Cl. The monoisotopic (exact) mass is 308 g/mol. The Labute approximate surface area is 120 Å². The number of hydrogen-bond donors (Lipinski definition) is 1. The van der Waals surface area contributed by atoms with E-state index in [0.717, 1.165) is 0 Å². The van der Waals surface area contributed by atoms with Crippen molar-refractivity contribution in [3.05, 3.63) is 11.9 Å². The molecule has 2 N–H and O–H groups in total. The van der Waals surface area contributed by atoms with Gasteiger partial charge in [0.15, 0.2) is 0 Å². The Hall–Kier alpha value is -0.630. The first-order valence-electron chi connectivity index (χ1n) is 6.08. The van der Waals surface area contributed by atoms with E-state index in [9.17, 15) is 8.42 Å². The molecule has 1 aromatic heterocycles. The number of sulfonamides is 1. The maximum atomic E-state index is 12.5. The summed E-state index contributed by atoms with van der Waals surface area (Å²) >= 11 is 0. The Morgan fingerprint density at radius 2 is 2.11 bits per heavy atom. The molecule has 2 rings (SSSR count). The number of nitrogens with two attached hydrogens (primary N) is 1. The van der Waals surface area contributed by atoms with Crippen molar-refractivity contribution in [2.45, 2.75) is 31.2 Å². The molecule has 0 aliphatic carbocycles. The average Bonchev–Trinajstić information content (AvgIpc) is 2.64. The van der Waals surface area contributed by atoms with Gasteiger partial charge in [0.2, 0.25) is 10.0 Å². The second-order valence-corrected chi connectivity index (χ2v) is 6.92.